The van der Waals surface area contributed by atoms with Crippen LogP contribution in [0.15, 0.2) is 83.2 Å². The summed E-state index contributed by atoms with van der Waals surface area (Å²) in [5.74, 6) is 0.405. The molecule has 2 aliphatic heterocycles. The van der Waals surface area contributed by atoms with Gasteiger partial charge >= 0.3 is 0 Å². The molecule has 1 amide bonds. The van der Waals surface area contributed by atoms with Crippen molar-refractivity contribution in [2.75, 3.05) is 49.8 Å². The van der Waals surface area contributed by atoms with Crippen LogP contribution >= 0.6 is 11.6 Å². The minimum atomic E-state index is -3.23. The first-order valence-electron chi connectivity index (χ1n) is 17.5. The molecule has 1 spiro atoms. The lowest BCUT2D eigenvalue weighted by atomic mass is 9.70. The number of hydrogen-bond donors (Lipinski definition) is 0. The molecule has 50 heavy (non-hydrogen) atoms. The third-order valence-corrected chi connectivity index (χ3v) is 12.9. The van der Waals surface area contributed by atoms with Crippen LogP contribution in [0.3, 0.4) is 0 Å². The molecule has 8 nitrogen and oxygen atoms in total. The Labute approximate surface area is 301 Å². The van der Waals surface area contributed by atoms with E-state index < -0.39 is 15.6 Å². The first kappa shape index (κ1) is 36.1. The molecule has 266 valence electrons. The van der Waals surface area contributed by atoms with E-state index in [-0.39, 0.29) is 47.3 Å². The Morgan fingerprint density at radius 1 is 1.10 bits per heavy atom. The van der Waals surface area contributed by atoms with Crippen molar-refractivity contribution in [1.82, 2.24) is 0 Å². The third kappa shape index (κ3) is 8.27. The second kappa shape index (κ2) is 15.7. The lowest BCUT2D eigenvalue weighted by Crippen LogP contribution is -2.47. The number of ether oxygens (including phenoxy) is 3. The predicted molar refractivity (Wildman–Crippen MR) is 199 cm³/mol. The molecule has 0 radical (unpaired) electrons. The Bertz CT molecular complexity index is 1860. The summed E-state index contributed by atoms with van der Waals surface area (Å²) in [5, 5.41) is 0.735. The van der Waals surface area contributed by atoms with Gasteiger partial charge < -0.3 is 19.1 Å². The Morgan fingerprint density at radius 2 is 1.92 bits per heavy atom. The quantitative estimate of drug-likeness (QED) is 0.241. The average molecular weight is 719 g/mol. The summed E-state index contributed by atoms with van der Waals surface area (Å²) in [6.07, 6.45) is 8.08. The van der Waals surface area contributed by atoms with Crippen LogP contribution in [0.5, 0.6) is 11.5 Å². The van der Waals surface area contributed by atoms with Crippen molar-refractivity contribution in [2.45, 2.75) is 57.5 Å². The summed E-state index contributed by atoms with van der Waals surface area (Å²) in [7, 11) is -1.50. The van der Waals surface area contributed by atoms with Gasteiger partial charge in [-0.2, -0.15) is 4.36 Å². The lowest BCUT2D eigenvalue weighted by molar-refractivity contribution is -0.118. The second-order valence-electron chi connectivity index (χ2n) is 14.1. The molecule has 0 fully saturated rings. The van der Waals surface area contributed by atoms with E-state index in [4.69, 9.17) is 25.8 Å². The highest BCUT2D eigenvalue weighted by Gasteiger charge is 2.42. The van der Waals surface area contributed by atoms with Gasteiger partial charge in [-0.05, 0) is 97.5 Å². The van der Waals surface area contributed by atoms with E-state index in [1.807, 2.05) is 42.5 Å². The number of carbonyl (C=O) groups is 2. The number of hydrogen-bond acceptors (Lipinski definition) is 7. The molecule has 3 aromatic rings. The van der Waals surface area contributed by atoms with Gasteiger partial charge in [0, 0.05) is 42.0 Å². The number of carbonyl (C=O) groups excluding carboxylic acids is 2. The lowest BCUT2D eigenvalue weighted by Gasteiger charge is -2.42. The fourth-order valence-corrected chi connectivity index (χ4v) is 9.64. The van der Waals surface area contributed by atoms with Crippen LogP contribution in [-0.4, -0.2) is 66.9 Å². The molecule has 0 aromatic heterocycles. The third-order valence-electron chi connectivity index (χ3n) is 10.4. The number of amides is 1. The number of benzene rings is 3. The first-order valence-corrected chi connectivity index (χ1v) is 19.8. The maximum Gasteiger partial charge on any atom is 0.285 e. The zero-order chi connectivity index (χ0) is 35.3. The second-order valence-corrected chi connectivity index (χ2v) is 16.9. The molecule has 0 N–H and O–H groups in total. The Hall–Kier alpha value is -3.66. The molecule has 6 rings (SSSR count). The molecule has 2 bridgehead atoms. The topological polar surface area (TPSA) is 94.5 Å². The number of nitrogens with zero attached hydrogens (tertiary/aromatic N) is 2. The van der Waals surface area contributed by atoms with Crippen LogP contribution in [0.2, 0.25) is 5.02 Å². The Kier molecular flexibility index (Phi) is 11.4. The molecule has 5 atom stereocenters. The van der Waals surface area contributed by atoms with Crippen molar-refractivity contribution in [1.29, 1.82) is 0 Å². The van der Waals surface area contributed by atoms with Crippen LogP contribution in [-0.2, 0) is 31.1 Å². The van der Waals surface area contributed by atoms with Crippen LogP contribution in [0.25, 0.3) is 0 Å². The summed E-state index contributed by atoms with van der Waals surface area (Å²) in [6, 6.07) is 20.5. The van der Waals surface area contributed by atoms with Gasteiger partial charge in [-0.15, -0.1) is 0 Å². The standard InChI is InChI=1S/C40H47ClN2O6S/c1-28-23-43-26-40(19-10-11-30-21-32(41)16-17-35(30)40)27-49-38-18-15-31(22-36(38)43)39(45)42-50(46,20-9-5-8-14-37(47-3)29(28)2)25-33(44)24-48-34-12-6-4-7-13-34/h4,6-8,12-18,21-22,28-29,37H,5,9-11,19-20,23-27H2,1-3H3/b14-8+/t28-,29+,37-,40-,50+/m0/s1. The molecule has 3 aliphatic rings. The summed E-state index contributed by atoms with van der Waals surface area (Å²) in [5.41, 5.74) is 3.36. The number of ketones is 1. The van der Waals surface area contributed by atoms with E-state index in [1.54, 1.807) is 25.3 Å². The molecule has 0 saturated heterocycles. The average Bonchev–Trinajstić information content (AvgIpc) is 3.25. The van der Waals surface area contributed by atoms with Crippen molar-refractivity contribution in [3.05, 3.63) is 101 Å². The van der Waals surface area contributed by atoms with Crippen molar-refractivity contribution in [2.24, 2.45) is 16.2 Å². The zero-order valence-corrected chi connectivity index (χ0v) is 30.7. The van der Waals surface area contributed by atoms with Crippen LogP contribution in [0.1, 0.15) is 61.0 Å². The number of fused-ring (bicyclic) bond motifs is 3. The van der Waals surface area contributed by atoms with Gasteiger partial charge in [0.15, 0.2) is 5.78 Å². The van der Waals surface area contributed by atoms with Gasteiger partial charge in [-0.25, -0.2) is 4.21 Å². The Morgan fingerprint density at radius 3 is 2.72 bits per heavy atom. The van der Waals surface area contributed by atoms with Gasteiger partial charge in [-0.1, -0.05) is 61.9 Å². The molecular formula is C40H47ClN2O6S. The van der Waals surface area contributed by atoms with Gasteiger partial charge in [0.05, 0.1) is 33.9 Å². The van der Waals surface area contributed by atoms with Crippen LogP contribution in [0.4, 0.5) is 5.69 Å². The molecule has 3 aromatic carbocycles. The maximum absolute atomic E-state index is 14.3. The minimum absolute atomic E-state index is 0.107. The highest BCUT2D eigenvalue weighted by molar-refractivity contribution is 7.94. The monoisotopic (exact) mass is 718 g/mol. The normalized spacial score (nSPS) is 27.7. The summed E-state index contributed by atoms with van der Waals surface area (Å²) in [6.45, 7) is 6.11. The van der Waals surface area contributed by atoms with Crippen LogP contribution in [0, 0.1) is 11.8 Å². The number of halogens is 1. The smallest absolute Gasteiger partial charge is 0.285 e. The number of rotatable bonds is 6. The SMILES string of the molecule is CO[C@H]1/C=C/CCC[S@@](=O)(CC(=O)COc2ccccc2)=NC(=O)c2ccc3c(c2)N(C[C@H](C)[C@H]1C)C[C@@]1(CCCc2cc(Cl)ccc21)CO3. The molecule has 10 heteroatoms. The van der Waals surface area contributed by atoms with Crippen LogP contribution < -0.4 is 14.4 Å². The van der Waals surface area contributed by atoms with Gasteiger partial charge in [0.2, 0.25) is 0 Å². The number of allylic oxidation sites excluding steroid dienone is 1. The predicted octanol–water partition coefficient (Wildman–Crippen LogP) is 7.71. The zero-order valence-electron chi connectivity index (χ0n) is 29.1. The number of methoxy groups -OCH3 is 1. The van der Waals surface area contributed by atoms with Gasteiger partial charge in [-0.3, -0.25) is 9.59 Å². The molecule has 0 unspecified atom stereocenters. The summed E-state index contributed by atoms with van der Waals surface area (Å²) >= 11 is 6.44. The Balaban J connectivity index is 1.37. The fourth-order valence-electron chi connectivity index (χ4n) is 7.54. The summed E-state index contributed by atoms with van der Waals surface area (Å²) < 4.78 is 36.8. The molecular weight excluding hydrogens is 672 g/mol. The molecule has 2 heterocycles. The van der Waals surface area contributed by atoms with Crippen molar-refractivity contribution in [3.63, 3.8) is 0 Å². The fraction of sp³-hybridized carbons (Fsp3) is 0.450. The molecule has 1 aliphatic carbocycles. The highest BCUT2D eigenvalue weighted by atomic mass is 35.5. The van der Waals surface area contributed by atoms with E-state index in [2.05, 4.69) is 41.3 Å². The largest absolute Gasteiger partial charge is 0.490 e. The van der Waals surface area contributed by atoms with Crippen molar-refractivity contribution in [3.8, 4) is 11.5 Å². The summed E-state index contributed by atoms with van der Waals surface area (Å²) in [4.78, 5) is 29.3. The highest BCUT2D eigenvalue weighted by Crippen LogP contribution is 2.45. The van der Waals surface area contributed by atoms with Gasteiger partial charge in [0.1, 0.15) is 18.1 Å². The molecule has 0 saturated carbocycles. The minimum Gasteiger partial charge on any atom is -0.490 e. The number of para-hydroxylation sites is 1. The van der Waals surface area contributed by atoms with E-state index in [0.717, 1.165) is 30.0 Å². The van der Waals surface area contributed by atoms with Crippen molar-refractivity contribution >= 4 is 38.7 Å². The number of Topliss-reactive ketones (excluding diaryl/α,β-unsaturated/α-hetero) is 1. The van der Waals surface area contributed by atoms with E-state index >= 15 is 0 Å². The number of anilines is 1. The first-order chi connectivity index (χ1) is 24.1. The van der Waals surface area contributed by atoms with E-state index in [1.165, 1.54) is 11.1 Å². The van der Waals surface area contributed by atoms with E-state index in [9.17, 15) is 13.8 Å². The van der Waals surface area contributed by atoms with Crippen molar-refractivity contribution < 1.29 is 28.0 Å². The number of aryl methyl sites for hydroxylation is 1. The van der Waals surface area contributed by atoms with Gasteiger partial charge in [0.25, 0.3) is 5.91 Å². The maximum atomic E-state index is 14.3. The van der Waals surface area contributed by atoms with E-state index in [0.29, 0.717) is 49.6 Å².